The third kappa shape index (κ3) is 12.0. The van der Waals surface area contributed by atoms with Crippen LogP contribution in [0, 0.1) is 0 Å². The topological polar surface area (TPSA) is 131 Å². The Morgan fingerprint density at radius 1 is 0.867 bits per heavy atom. The van der Waals surface area contributed by atoms with Crippen molar-refractivity contribution in [2.45, 2.75) is 63.2 Å². The molecule has 3 aromatic carbocycles. The zero-order valence-electron chi connectivity index (χ0n) is 24.9. The molecule has 2 amide bonds. The Morgan fingerprint density at radius 3 is 2.20 bits per heavy atom. The smallest absolute Gasteiger partial charge is 0.465 e. The largest absolute Gasteiger partial charge is 0.471 e. The maximum atomic E-state index is 13.4. The van der Waals surface area contributed by atoms with Crippen LogP contribution in [0.15, 0.2) is 78.9 Å². The predicted molar refractivity (Wildman–Crippen MR) is 162 cm³/mol. The fourth-order valence-corrected chi connectivity index (χ4v) is 6.04. The van der Waals surface area contributed by atoms with E-state index in [0.717, 1.165) is 5.56 Å². The molecule has 242 valence electrons. The number of esters is 1. The fourth-order valence-electron chi connectivity index (χ4n) is 4.68. The lowest BCUT2D eigenvalue weighted by molar-refractivity contribution is -0.173. The van der Waals surface area contributed by atoms with Crippen LogP contribution in [0.5, 0.6) is 0 Å². The van der Waals surface area contributed by atoms with Gasteiger partial charge in [-0.25, -0.2) is 17.9 Å². The van der Waals surface area contributed by atoms with Gasteiger partial charge in [0, 0.05) is 12.6 Å². The minimum absolute atomic E-state index is 0.197. The van der Waals surface area contributed by atoms with Crippen molar-refractivity contribution in [3.8, 4) is 0 Å². The molecule has 0 fully saturated rings. The molecular formula is C32H36F3N3O6S. The molecule has 0 spiro atoms. The third-order valence-corrected chi connectivity index (χ3v) is 8.13. The second kappa shape index (κ2) is 16.2. The number of halogens is 3. The average Bonchev–Trinajstić information content (AvgIpc) is 2.99. The molecule has 9 nitrogen and oxygen atoms in total. The molecular weight excluding hydrogens is 611 g/mol. The number of alkyl halides is 3. The van der Waals surface area contributed by atoms with E-state index >= 15 is 0 Å². The molecule has 3 rings (SSSR count). The summed E-state index contributed by atoms with van der Waals surface area (Å²) in [5, 5.41) is 4.67. The zero-order valence-corrected chi connectivity index (χ0v) is 25.7. The Kier molecular flexibility index (Phi) is 12.7. The van der Waals surface area contributed by atoms with Gasteiger partial charge in [0.15, 0.2) is 0 Å². The van der Waals surface area contributed by atoms with Crippen LogP contribution in [0.2, 0.25) is 0 Å². The van der Waals surface area contributed by atoms with Crippen LogP contribution in [0.4, 0.5) is 13.2 Å². The van der Waals surface area contributed by atoms with Crippen LogP contribution in [-0.2, 0) is 49.5 Å². The predicted octanol–water partition coefficient (Wildman–Crippen LogP) is 4.21. The van der Waals surface area contributed by atoms with Gasteiger partial charge in [-0.05, 0) is 67.0 Å². The van der Waals surface area contributed by atoms with E-state index in [2.05, 4.69) is 10.0 Å². The van der Waals surface area contributed by atoms with Crippen molar-refractivity contribution in [2.75, 3.05) is 7.11 Å². The molecule has 2 unspecified atom stereocenters. The van der Waals surface area contributed by atoms with Crippen molar-refractivity contribution in [1.29, 1.82) is 0 Å². The first-order valence-electron chi connectivity index (χ1n) is 14.2. The number of carbonyl (C=O) groups excluding carboxylic acids is 3. The van der Waals surface area contributed by atoms with E-state index in [-0.39, 0.29) is 18.5 Å². The number of aryl methyl sites for hydroxylation is 1. The van der Waals surface area contributed by atoms with E-state index in [1.807, 2.05) is 35.6 Å². The van der Waals surface area contributed by atoms with Crippen molar-refractivity contribution in [1.82, 2.24) is 15.4 Å². The van der Waals surface area contributed by atoms with Crippen LogP contribution < -0.4 is 15.4 Å². The number of amides is 2. The first-order valence-corrected chi connectivity index (χ1v) is 15.9. The fraction of sp³-hybridized carbons (Fsp3) is 0.344. The second-order valence-corrected chi connectivity index (χ2v) is 12.4. The maximum absolute atomic E-state index is 13.4. The molecule has 3 N–H and O–H groups in total. The SMILES string of the molecule is COC(=O)c1cccc(CS(=O)(=O)NC(CCCc2ccccc2)C(=O)NC(C)Cc2cccc(CNC(=O)C(F)(F)F)c2)c1. The molecule has 3 aromatic rings. The average molecular weight is 648 g/mol. The van der Waals surface area contributed by atoms with Gasteiger partial charge in [-0.2, -0.15) is 13.2 Å². The zero-order chi connectivity index (χ0) is 33.0. The summed E-state index contributed by atoms with van der Waals surface area (Å²) in [6.07, 6.45) is -3.33. The summed E-state index contributed by atoms with van der Waals surface area (Å²) in [6, 6.07) is 20.6. The van der Waals surface area contributed by atoms with Gasteiger partial charge in [-0.3, -0.25) is 9.59 Å². The van der Waals surface area contributed by atoms with Gasteiger partial charge in [0.1, 0.15) is 6.04 Å². The van der Waals surface area contributed by atoms with Gasteiger partial charge in [0.05, 0.1) is 18.4 Å². The Labute approximate surface area is 260 Å². The van der Waals surface area contributed by atoms with E-state index in [1.54, 1.807) is 43.3 Å². The summed E-state index contributed by atoms with van der Waals surface area (Å²) >= 11 is 0. The van der Waals surface area contributed by atoms with Crippen molar-refractivity contribution in [3.05, 3.63) is 107 Å². The number of carbonyl (C=O) groups is 3. The van der Waals surface area contributed by atoms with Crippen molar-refractivity contribution >= 4 is 27.8 Å². The van der Waals surface area contributed by atoms with Gasteiger partial charge in [0.2, 0.25) is 15.9 Å². The maximum Gasteiger partial charge on any atom is 0.471 e. The molecule has 45 heavy (non-hydrogen) atoms. The Balaban J connectivity index is 1.68. The molecule has 0 bridgehead atoms. The van der Waals surface area contributed by atoms with Crippen LogP contribution >= 0.6 is 0 Å². The first-order chi connectivity index (χ1) is 21.3. The number of rotatable bonds is 15. The summed E-state index contributed by atoms with van der Waals surface area (Å²) in [7, 11) is -2.80. The van der Waals surface area contributed by atoms with E-state index < -0.39 is 51.8 Å². The Bertz CT molecular complexity index is 1570. The van der Waals surface area contributed by atoms with Crippen LogP contribution in [0.1, 0.15) is 52.4 Å². The minimum atomic E-state index is -4.98. The van der Waals surface area contributed by atoms with Gasteiger partial charge in [-0.15, -0.1) is 0 Å². The minimum Gasteiger partial charge on any atom is -0.465 e. The molecule has 2 atom stereocenters. The molecule has 0 aliphatic carbocycles. The summed E-state index contributed by atoms with van der Waals surface area (Å²) < 4.78 is 71.1. The summed E-state index contributed by atoms with van der Waals surface area (Å²) in [4.78, 5) is 36.4. The molecule has 0 aromatic heterocycles. The van der Waals surface area contributed by atoms with Crippen molar-refractivity contribution in [3.63, 3.8) is 0 Å². The monoisotopic (exact) mass is 647 g/mol. The lowest BCUT2D eigenvalue weighted by Crippen LogP contribution is -2.49. The third-order valence-electron chi connectivity index (χ3n) is 6.78. The van der Waals surface area contributed by atoms with Gasteiger partial charge in [0.25, 0.3) is 0 Å². The number of nitrogens with one attached hydrogen (secondary N) is 3. The number of hydrogen-bond acceptors (Lipinski definition) is 6. The van der Waals surface area contributed by atoms with Crippen LogP contribution in [0.25, 0.3) is 0 Å². The molecule has 0 aliphatic rings. The van der Waals surface area contributed by atoms with Crippen molar-refractivity contribution < 1.29 is 40.7 Å². The van der Waals surface area contributed by atoms with Crippen molar-refractivity contribution in [2.24, 2.45) is 0 Å². The number of hydrogen-bond donors (Lipinski definition) is 3. The van der Waals surface area contributed by atoms with Gasteiger partial charge >= 0.3 is 18.1 Å². The molecule has 0 saturated carbocycles. The highest BCUT2D eigenvalue weighted by atomic mass is 32.2. The van der Waals surface area contributed by atoms with Crippen LogP contribution in [0.3, 0.4) is 0 Å². The molecule has 0 saturated heterocycles. The van der Waals surface area contributed by atoms with E-state index in [9.17, 15) is 36.0 Å². The van der Waals surface area contributed by atoms with E-state index in [4.69, 9.17) is 4.74 Å². The quantitative estimate of drug-likeness (QED) is 0.212. The lowest BCUT2D eigenvalue weighted by Gasteiger charge is -2.22. The highest BCUT2D eigenvalue weighted by Crippen LogP contribution is 2.16. The first kappa shape index (κ1) is 35.3. The number of ether oxygens (including phenoxy) is 1. The molecule has 0 radical (unpaired) electrons. The van der Waals surface area contributed by atoms with E-state index in [0.29, 0.717) is 36.0 Å². The lowest BCUT2D eigenvalue weighted by atomic mass is 10.0. The highest BCUT2D eigenvalue weighted by Gasteiger charge is 2.38. The Morgan fingerprint density at radius 2 is 1.51 bits per heavy atom. The molecule has 0 aliphatic heterocycles. The normalized spacial score (nSPS) is 13.0. The summed E-state index contributed by atoms with van der Waals surface area (Å²) in [5.74, 6) is -3.64. The summed E-state index contributed by atoms with van der Waals surface area (Å²) in [6.45, 7) is 1.41. The van der Waals surface area contributed by atoms with Gasteiger partial charge in [-0.1, -0.05) is 66.7 Å². The Hall–Kier alpha value is -4.23. The second-order valence-electron chi connectivity index (χ2n) is 10.6. The van der Waals surface area contributed by atoms with Crippen LogP contribution in [-0.4, -0.2) is 51.6 Å². The molecule has 0 heterocycles. The number of benzene rings is 3. The molecule has 13 heteroatoms. The number of sulfonamides is 1. The number of methoxy groups -OCH3 is 1. The van der Waals surface area contributed by atoms with Gasteiger partial charge < -0.3 is 15.4 Å². The highest BCUT2D eigenvalue weighted by molar-refractivity contribution is 7.88. The standard InChI is InChI=1S/C32H36F3N3O6S/c1-22(17-24-12-6-13-25(18-24)20-36-31(41)32(33,34)35)37-29(39)28(16-8-11-23-9-4-3-5-10-23)38-45(42,43)21-26-14-7-15-27(19-26)30(40)44-2/h3-7,9-10,12-15,18-19,22,28,38H,8,11,16-17,20-21H2,1-2H3,(H,36,41)(H,37,39). The summed E-state index contributed by atoms with van der Waals surface area (Å²) in [5.41, 5.74) is 2.73. The van der Waals surface area contributed by atoms with E-state index in [1.165, 1.54) is 19.2 Å².